The van der Waals surface area contributed by atoms with Gasteiger partial charge in [0, 0.05) is 7.05 Å². The Bertz CT molecular complexity index is 757. The van der Waals surface area contributed by atoms with E-state index in [1.54, 1.807) is 0 Å². The van der Waals surface area contributed by atoms with Crippen LogP contribution in [0, 0.1) is 5.82 Å². The van der Waals surface area contributed by atoms with Crippen LogP contribution in [0.2, 0.25) is 0 Å². The molecule has 0 fully saturated rings. The first-order valence-electron chi connectivity index (χ1n) is 5.26. The normalized spacial score (nSPS) is 11.3. The molecule has 6 nitrogen and oxygen atoms in total. The molecule has 0 bridgehead atoms. The Hall–Kier alpha value is -2.00. The zero-order valence-electron chi connectivity index (χ0n) is 10.1. The monoisotopic (exact) mass is 316 g/mol. The number of aromatic carboxylic acids is 1. The van der Waals surface area contributed by atoms with Crippen molar-refractivity contribution in [3.63, 3.8) is 0 Å². The van der Waals surface area contributed by atoms with Crippen LogP contribution in [-0.2, 0) is 10.0 Å². The quantitative estimate of drug-likeness (QED) is 0.929. The van der Waals surface area contributed by atoms with E-state index in [9.17, 15) is 17.6 Å². The minimum atomic E-state index is -4.18. The van der Waals surface area contributed by atoms with E-state index in [-0.39, 0.29) is 5.69 Å². The summed E-state index contributed by atoms with van der Waals surface area (Å²) in [5.74, 6) is -2.17. The molecule has 0 atom stereocenters. The molecular formula is C11H9FN2O4S2. The molecule has 0 aliphatic carbocycles. The van der Waals surface area contributed by atoms with Crippen LogP contribution in [0.3, 0.4) is 0 Å². The van der Waals surface area contributed by atoms with Gasteiger partial charge in [0.25, 0.3) is 10.0 Å². The lowest BCUT2D eigenvalue weighted by Gasteiger charge is -2.19. The fourth-order valence-electron chi connectivity index (χ4n) is 1.52. The van der Waals surface area contributed by atoms with E-state index >= 15 is 0 Å². The van der Waals surface area contributed by atoms with Gasteiger partial charge < -0.3 is 5.11 Å². The van der Waals surface area contributed by atoms with Crippen molar-refractivity contribution in [2.75, 3.05) is 11.4 Å². The van der Waals surface area contributed by atoms with Gasteiger partial charge in [-0.3, -0.25) is 4.31 Å². The first-order valence-corrected chi connectivity index (χ1v) is 7.58. The number of sulfonamides is 1. The maximum Gasteiger partial charge on any atom is 0.356 e. The highest BCUT2D eigenvalue weighted by Crippen LogP contribution is 2.28. The van der Waals surface area contributed by atoms with E-state index in [1.165, 1.54) is 18.2 Å². The number of rotatable bonds is 4. The molecule has 1 N–H and O–H groups in total. The minimum Gasteiger partial charge on any atom is -0.476 e. The number of hydrogen-bond donors (Lipinski definition) is 1. The van der Waals surface area contributed by atoms with E-state index in [2.05, 4.69) is 4.98 Å². The van der Waals surface area contributed by atoms with Crippen LogP contribution < -0.4 is 4.31 Å². The van der Waals surface area contributed by atoms with Gasteiger partial charge in [-0.05, 0) is 12.1 Å². The molecule has 20 heavy (non-hydrogen) atoms. The van der Waals surface area contributed by atoms with Crippen molar-refractivity contribution in [3.8, 4) is 0 Å². The highest BCUT2D eigenvalue weighted by molar-refractivity contribution is 7.94. The summed E-state index contributed by atoms with van der Waals surface area (Å²) >= 11 is 0.670. The number of para-hydroxylation sites is 1. The smallest absolute Gasteiger partial charge is 0.356 e. The molecular weight excluding hydrogens is 307 g/mol. The summed E-state index contributed by atoms with van der Waals surface area (Å²) < 4.78 is 38.6. The van der Waals surface area contributed by atoms with Crippen LogP contribution in [0.5, 0.6) is 0 Å². The number of carboxylic acids is 1. The largest absolute Gasteiger partial charge is 0.476 e. The summed E-state index contributed by atoms with van der Waals surface area (Å²) in [6, 6.07) is 5.31. The van der Waals surface area contributed by atoms with Crippen LogP contribution in [0.4, 0.5) is 10.1 Å². The lowest BCUT2D eigenvalue weighted by Crippen LogP contribution is -2.28. The molecule has 0 amide bonds. The average molecular weight is 316 g/mol. The Morgan fingerprint density at radius 3 is 2.65 bits per heavy atom. The van der Waals surface area contributed by atoms with Gasteiger partial charge >= 0.3 is 5.97 Å². The summed E-state index contributed by atoms with van der Waals surface area (Å²) in [4.78, 5) is 14.4. The van der Waals surface area contributed by atoms with Crippen molar-refractivity contribution in [1.29, 1.82) is 0 Å². The third kappa shape index (κ3) is 2.37. The second-order valence-corrected chi connectivity index (χ2v) is 6.74. The fourth-order valence-corrected chi connectivity index (χ4v) is 4.02. The number of aromatic nitrogens is 1. The summed E-state index contributed by atoms with van der Waals surface area (Å²) in [6.45, 7) is 0. The van der Waals surface area contributed by atoms with Gasteiger partial charge in [-0.25, -0.2) is 22.6 Å². The summed E-state index contributed by atoms with van der Waals surface area (Å²) in [6.07, 6.45) is 0. The van der Waals surface area contributed by atoms with Crippen LogP contribution in [0.25, 0.3) is 0 Å². The molecule has 106 valence electrons. The number of carbonyl (C=O) groups is 1. The molecule has 1 heterocycles. The molecule has 0 unspecified atom stereocenters. The third-order valence-electron chi connectivity index (χ3n) is 2.52. The molecule has 0 aliphatic rings. The highest BCUT2D eigenvalue weighted by atomic mass is 32.2. The Balaban J connectivity index is 2.53. The van der Waals surface area contributed by atoms with E-state index in [1.807, 2.05) is 0 Å². The predicted octanol–water partition coefficient (Wildman–Crippen LogP) is 1.81. The number of carboxylic acid groups (broad SMARTS) is 1. The van der Waals surface area contributed by atoms with E-state index in [0.717, 1.165) is 18.6 Å². The van der Waals surface area contributed by atoms with Gasteiger partial charge in [-0.15, -0.1) is 11.3 Å². The van der Waals surface area contributed by atoms with E-state index < -0.39 is 31.7 Å². The van der Waals surface area contributed by atoms with Crippen molar-refractivity contribution in [1.82, 2.24) is 4.98 Å². The maximum atomic E-state index is 13.6. The topological polar surface area (TPSA) is 87.6 Å². The van der Waals surface area contributed by atoms with Crippen molar-refractivity contribution < 1.29 is 22.7 Å². The van der Waals surface area contributed by atoms with Crippen molar-refractivity contribution in [3.05, 3.63) is 41.3 Å². The molecule has 1 aromatic heterocycles. The molecule has 0 aliphatic heterocycles. The van der Waals surface area contributed by atoms with Crippen LogP contribution in [-0.4, -0.2) is 31.5 Å². The Morgan fingerprint density at radius 2 is 2.05 bits per heavy atom. The van der Waals surface area contributed by atoms with Crippen LogP contribution in [0.1, 0.15) is 10.5 Å². The first kappa shape index (κ1) is 14.4. The Kier molecular flexibility index (Phi) is 3.73. The molecule has 0 saturated carbocycles. The van der Waals surface area contributed by atoms with Gasteiger partial charge in [-0.1, -0.05) is 12.1 Å². The number of anilines is 1. The SMILES string of the molecule is CN(c1ccccc1F)S(=O)(=O)c1scnc1C(=O)O. The maximum absolute atomic E-state index is 13.6. The standard InChI is InChI=1S/C11H9FN2O4S2/c1-14(8-5-3-2-4-7(8)12)20(17,18)11-9(10(15)16)13-6-19-11/h2-6H,1H3,(H,15,16). The Morgan fingerprint density at radius 1 is 1.40 bits per heavy atom. The van der Waals surface area contributed by atoms with Crippen molar-refractivity contribution >= 4 is 33.0 Å². The van der Waals surface area contributed by atoms with Gasteiger partial charge in [0.05, 0.1) is 11.2 Å². The summed E-state index contributed by atoms with van der Waals surface area (Å²) in [5.41, 5.74) is 0.376. The van der Waals surface area contributed by atoms with E-state index in [4.69, 9.17) is 5.11 Å². The van der Waals surface area contributed by atoms with Gasteiger partial charge in [0.15, 0.2) is 9.90 Å². The number of hydrogen-bond acceptors (Lipinski definition) is 5. The molecule has 0 radical (unpaired) electrons. The first-order chi connectivity index (χ1) is 9.35. The second-order valence-electron chi connectivity index (χ2n) is 3.72. The van der Waals surface area contributed by atoms with Gasteiger partial charge in [-0.2, -0.15) is 0 Å². The zero-order chi connectivity index (χ0) is 14.9. The number of nitrogens with zero attached hydrogens (tertiary/aromatic N) is 2. The summed E-state index contributed by atoms with van der Waals surface area (Å²) in [5, 5.41) is 8.91. The number of benzene rings is 1. The van der Waals surface area contributed by atoms with E-state index in [0.29, 0.717) is 15.6 Å². The molecule has 0 spiro atoms. The van der Waals surface area contributed by atoms with Crippen LogP contribution >= 0.6 is 11.3 Å². The number of halogens is 1. The molecule has 2 rings (SSSR count). The highest BCUT2D eigenvalue weighted by Gasteiger charge is 2.30. The second kappa shape index (κ2) is 5.17. The molecule has 0 saturated heterocycles. The summed E-state index contributed by atoms with van der Waals surface area (Å²) in [7, 11) is -3.03. The fraction of sp³-hybridized carbons (Fsp3) is 0.0909. The lowest BCUT2D eigenvalue weighted by molar-refractivity contribution is 0.0687. The number of thiazole rings is 1. The van der Waals surface area contributed by atoms with Crippen LogP contribution in [0.15, 0.2) is 34.0 Å². The Labute approximate surface area is 118 Å². The molecule has 9 heteroatoms. The van der Waals surface area contributed by atoms with Crippen molar-refractivity contribution in [2.24, 2.45) is 0 Å². The van der Waals surface area contributed by atoms with Gasteiger partial charge in [0.1, 0.15) is 5.82 Å². The zero-order valence-corrected chi connectivity index (χ0v) is 11.8. The van der Waals surface area contributed by atoms with Gasteiger partial charge in [0.2, 0.25) is 0 Å². The average Bonchev–Trinajstić information content (AvgIpc) is 2.88. The minimum absolute atomic E-state index is 0.169. The molecule has 1 aromatic carbocycles. The molecule has 2 aromatic rings. The lowest BCUT2D eigenvalue weighted by atomic mass is 10.3. The predicted molar refractivity (Wildman–Crippen MR) is 71.1 cm³/mol. The third-order valence-corrected chi connectivity index (χ3v) is 5.64. The van der Waals surface area contributed by atoms with Crippen molar-refractivity contribution in [2.45, 2.75) is 4.21 Å².